The Kier molecular flexibility index (Phi) is 8.21. The average molecular weight is 572 g/mol. The topological polar surface area (TPSA) is 160 Å². The molecule has 2 saturated heterocycles. The van der Waals surface area contributed by atoms with Crippen LogP contribution < -0.4 is 21.7 Å². The highest BCUT2D eigenvalue weighted by molar-refractivity contribution is 5.96. The lowest BCUT2D eigenvalue weighted by Gasteiger charge is -2.37. The molecule has 4 rings (SSSR count). The lowest BCUT2D eigenvalue weighted by Crippen LogP contribution is -2.61. The molecule has 2 bridgehead atoms. The van der Waals surface area contributed by atoms with E-state index in [4.69, 9.17) is 10.5 Å². The van der Waals surface area contributed by atoms with Crippen molar-refractivity contribution >= 4 is 29.5 Å². The minimum absolute atomic E-state index is 0.0376. The summed E-state index contributed by atoms with van der Waals surface area (Å²) in [7, 11) is 0. The molecule has 0 aromatic heterocycles. The number of nitrogens with two attached hydrogens (primary N) is 1. The van der Waals surface area contributed by atoms with Crippen molar-refractivity contribution in [2.45, 2.75) is 70.4 Å². The van der Waals surface area contributed by atoms with E-state index in [0.29, 0.717) is 13.0 Å². The van der Waals surface area contributed by atoms with Crippen LogP contribution in [0.15, 0.2) is 12.2 Å². The standard InChI is InChI=1S/C26H36F3N5O6/c1-25(2,3)19(33-24(39)26(27,28)29)23(38)34-11-14-12-5-6-13(9-12)17(14)18(34)22(37)32-15(20(30)35)10-16-21(36)31-7-4-8-40-16/h5-6,12-19H,4,7-11H2,1-3H3,(H2,30,35)(H,31,36)(H,32,37)(H,33,39)/t12-,13+,14-,15+,16+,17+,18+,19-/m1/s1. The van der Waals surface area contributed by atoms with Gasteiger partial charge in [-0.1, -0.05) is 32.9 Å². The number of fused-ring (bicyclic) bond motifs is 5. The predicted octanol–water partition coefficient (Wildman–Crippen LogP) is -0.00600. The molecule has 0 spiro atoms. The Balaban J connectivity index is 1.60. The first-order chi connectivity index (χ1) is 18.6. The Morgan fingerprint density at radius 1 is 1.15 bits per heavy atom. The van der Waals surface area contributed by atoms with Crippen molar-refractivity contribution in [2.24, 2.45) is 34.8 Å². The molecule has 3 fully saturated rings. The summed E-state index contributed by atoms with van der Waals surface area (Å²) >= 11 is 0. The van der Waals surface area contributed by atoms with Crippen molar-refractivity contribution in [1.29, 1.82) is 0 Å². The van der Waals surface area contributed by atoms with E-state index >= 15 is 0 Å². The number of alkyl halides is 3. The van der Waals surface area contributed by atoms with E-state index < -0.39 is 65.4 Å². The van der Waals surface area contributed by atoms with Gasteiger partial charge in [0.05, 0.1) is 0 Å². The largest absolute Gasteiger partial charge is 0.471 e. The molecule has 0 aromatic rings. The first-order valence-corrected chi connectivity index (χ1v) is 13.4. The zero-order chi connectivity index (χ0) is 29.6. The molecule has 2 heterocycles. The van der Waals surface area contributed by atoms with Crippen LogP contribution in [-0.4, -0.2) is 84.5 Å². The number of nitrogens with zero attached hydrogens (tertiary/aromatic N) is 1. The maximum absolute atomic E-state index is 13.8. The van der Waals surface area contributed by atoms with Crippen LogP contribution in [0.1, 0.15) is 40.0 Å². The van der Waals surface area contributed by atoms with Crippen molar-refractivity contribution < 1.29 is 41.9 Å². The number of amides is 5. The minimum atomic E-state index is -5.20. The number of hydrogen-bond acceptors (Lipinski definition) is 6. The van der Waals surface area contributed by atoms with Crippen LogP contribution >= 0.6 is 0 Å². The average Bonchev–Trinajstić information content (AvgIpc) is 3.52. The predicted molar refractivity (Wildman–Crippen MR) is 134 cm³/mol. The number of primary amides is 1. The molecular weight excluding hydrogens is 535 g/mol. The van der Waals surface area contributed by atoms with Gasteiger partial charge < -0.3 is 31.3 Å². The quantitative estimate of drug-likeness (QED) is 0.315. The van der Waals surface area contributed by atoms with Crippen molar-refractivity contribution in [2.75, 3.05) is 19.7 Å². The van der Waals surface area contributed by atoms with E-state index in [0.717, 1.165) is 6.42 Å². The van der Waals surface area contributed by atoms with Crippen LogP contribution in [-0.2, 0) is 28.7 Å². The zero-order valence-corrected chi connectivity index (χ0v) is 22.6. The molecule has 5 N–H and O–H groups in total. The second-order valence-corrected chi connectivity index (χ2v) is 12.1. The van der Waals surface area contributed by atoms with Gasteiger partial charge in [-0.05, 0) is 41.9 Å². The Morgan fingerprint density at radius 3 is 2.45 bits per heavy atom. The molecule has 222 valence electrons. The summed E-state index contributed by atoms with van der Waals surface area (Å²) in [5.74, 6) is -5.50. The van der Waals surface area contributed by atoms with Crippen LogP contribution in [0.5, 0.6) is 0 Å². The fourth-order valence-corrected chi connectivity index (χ4v) is 6.40. The molecule has 14 heteroatoms. The maximum Gasteiger partial charge on any atom is 0.471 e. The molecule has 40 heavy (non-hydrogen) atoms. The fraction of sp³-hybridized carbons (Fsp3) is 0.731. The molecule has 0 unspecified atom stereocenters. The molecule has 1 saturated carbocycles. The van der Waals surface area contributed by atoms with Crippen LogP contribution in [0.2, 0.25) is 0 Å². The second-order valence-electron chi connectivity index (χ2n) is 12.1. The van der Waals surface area contributed by atoms with Crippen LogP contribution in [0.4, 0.5) is 13.2 Å². The number of likely N-dealkylation sites (tertiary alicyclic amines) is 1. The Bertz CT molecular complexity index is 1090. The first-order valence-electron chi connectivity index (χ1n) is 13.4. The zero-order valence-electron chi connectivity index (χ0n) is 22.6. The van der Waals surface area contributed by atoms with E-state index in [-0.39, 0.29) is 43.2 Å². The van der Waals surface area contributed by atoms with E-state index in [1.165, 1.54) is 25.7 Å². The normalized spacial score (nSPS) is 31.1. The lowest BCUT2D eigenvalue weighted by atomic mass is 9.81. The smallest absolute Gasteiger partial charge is 0.368 e. The molecule has 2 aliphatic carbocycles. The summed E-state index contributed by atoms with van der Waals surface area (Å²) < 4.78 is 44.9. The van der Waals surface area contributed by atoms with Crippen LogP contribution in [0.3, 0.4) is 0 Å². The third kappa shape index (κ3) is 5.96. The summed E-state index contributed by atoms with van der Waals surface area (Å²) in [6, 6.07) is -3.98. The van der Waals surface area contributed by atoms with Gasteiger partial charge in [0.1, 0.15) is 24.2 Å². The third-order valence-electron chi connectivity index (χ3n) is 8.34. The highest BCUT2D eigenvalue weighted by Gasteiger charge is 2.59. The number of rotatable bonds is 7. The number of nitrogens with one attached hydrogen (secondary N) is 3. The Hall–Kier alpha value is -3.16. The Morgan fingerprint density at radius 2 is 1.82 bits per heavy atom. The van der Waals surface area contributed by atoms with Gasteiger partial charge in [-0.3, -0.25) is 24.0 Å². The number of carbonyl (C=O) groups is 5. The highest BCUT2D eigenvalue weighted by Crippen LogP contribution is 2.54. The summed E-state index contributed by atoms with van der Waals surface area (Å²) in [5, 5.41) is 7.08. The van der Waals surface area contributed by atoms with Gasteiger partial charge in [-0.15, -0.1) is 0 Å². The molecule has 2 aliphatic heterocycles. The molecule has 0 aromatic carbocycles. The third-order valence-corrected chi connectivity index (χ3v) is 8.34. The lowest BCUT2D eigenvalue weighted by molar-refractivity contribution is -0.176. The molecule has 0 radical (unpaired) electrons. The first kappa shape index (κ1) is 29.8. The summed E-state index contributed by atoms with van der Waals surface area (Å²) in [6.45, 7) is 5.34. The van der Waals surface area contributed by atoms with Gasteiger partial charge in [0, 0.05) is 26.1 Å². The minimum Gasteiger partial charge on any atom is -0.368 e. The van der Waals surface area contributed by atoms with Crippen molar-refractivity contribution in [3.8, 4) is 0 Å². The van der Waals surface area contributed by atoms with Gasteiger partial charge in [-0.25, -0.2) is 0 Å². The summed E-state index contributed by atoms with van der Waals surface area (Å²) in [5.41, 5.74) is 4.44. The molecule has 11 nitrogen and oxygen atoms in total. The summed E-state index contributed by atoms with van der Waals surface area (Å²) in [6.07, 6.45) is -1.09. The van der Waals surface area contributed by atoms with Gasteiger partial charge in [0.15, 0.2) is 0 Å². The number of carbonyl (C=O) groups excluding carboxylic acids is 5. The van der Waals surface area contributed by atoms with Crippen molar-refractivity contribution in [1.82, 2.24) is 20.9 Å². The Labute approximate surface area is 229 Å². The van der Waals surface area contributed by atoms with Crippen molar-refractivity contribution in [3.63, 3.8) is 0 Å². The monoisotopic (exact) mass is 571 g/mol. The van der Waals surface area contributed by atoms with Gasteiger partial charge in [-0.2, -0.15) is 13.2 Å². The van der Waals surface area contributed by atoms with E-state index in [9.17, 15) is 37.1 Å². The van der Waals surface area contributed by atoms with E-state index in [2.05, 4.69) is 10.6 Å². The number of halogens is 3. The van der Waals surface area contributed by atoms with E-state index in [1.54, 1.807) is 0 Å². The molecule has 4 aliphatic rings. The van der Waals surface area contributed by atoms with Gasteiger partial charge >= 0.3 is 12.1 Å². The summed E-state index contributed by atoms with van der Waals surface area (Å²) in [4.78, 5) is 65.4. The van der Waals surface area contributed by atoms with Crippen LogP contribution in [0.25, 0.3) is 0 Å². The molecule has 8 atom stereocenters. The van der Waals surface area contributed by atoms with Crippen molar-refractivity contribution in [3.05, 3.63) is 12.2 Å². The SMILES string of the molecule is CC(C)(C)[C@H](NC(=O)C(F)(F)F)C(=O)N1C[C@H]2[C@@H]([C@H]1C(=O)N[C@@H](C[C@@H]1OCCCNC1=O)C(N)=O)[C@H]1C=C[C@@H]2C1. The van der Waals surface area contributed by atoms with Crippen LogP contribution in [0, 0.1) is 29.1 Å². The number of allylic oxidation sites excluding steroid dienone is 2. The highest BCUT2D eigenvalue weighted by atomic mass is 19.4. The molecular formula is C26H36F3N5O6. The molecule has 5 amide bonds. The maximum atomic E-state index is 13.8. The van der Waals surface area contributed by atoms with E-state index in [1.807, 2.05) is 17.5 Å². The van der Waals surface area contributed by atoms with Gasteiger partial charge in [0.25, 0.3) is 0 Å². The fourth-order valence-electron chi connectivity index (χ4n) is 6.40. The number of hydrogen-bond donors (Lipinski definition) is 4. The number of ether oxygens (including phenoxy) is 1. The van der Waals surface area contributed by atoms with Gasteiger partial charge in [0.2, 0.25) is 23.6 Å². The second kappa shape index (κ2) is 11.0.